The summed E-state index contributed by atoms with van der Waals surface area (Å²) in [5.74, 6) is -0.861. The maximum absolute atomic E-state index is 13.2. The largest absolute Gasteiger partial charge is 1.00 e. The summed E-state index contributed by atoms with van der Waals surface area (Å²) in [7, 11) is 1.51. The van der Waals surface area contributed by atoms with Gasteiger partial charge in [-0.25, -0.2) is 4.39 Å². The number of aromatic nitrogens is 1. The van der Waals surface area contributed by atoms with Crippen molar-refractivity contribution in [1.82, 2.24) is 4.98 Å². The number of fused-ring (bicyclic) bond motifs is 1. The average molecular weight is 658 g/mol. The SMILES string of the molecule is COc1cc2c(Oc3cccc(NC(=O)C4(C(=O)Nc5ccc(F)cc5)CC4)c3Cl)ccnc2cc1OCCCCCC(=O)[O-].[Na+]. The van der Waals surface area contributed by atoms with Crippen LogP contribution in [0.1, 0.15) is 38.5 Å². The van der Waals surface area contributed by atoms with Crippen molar-refractivity contribution in [3.05, 3.63) is 77.7 Å². The minimum atomic E-state index is -1.26. The normalized spacial score (nSPS) is 12.8. The number of amides is 2. The van der Waals surface area contributed by atoms with Gasteiger partial charge in [0.05, 0.1) is 24.9 Å². The summed E-state index contributed by atoms with van der Waals surface area (Å²) in [5, 5.41) is 16.8. The first-order valence-corrected chi connectivity index (χ1v) is 14.7. The van der Waals surface area contributed by atoms with Crippen molar-refractivity contribution >= 4 is 51.7 Å². The minimum absolute atomic E-state index is 0. The van der Waals surface area contributed by atoms with Crippen molar-refractivity contribution < 1.29 is 67.6 Å². The van der Waals surface area contributed by atoms with Crippen LogP contribution in [0, 0.1) is 11.2 Å². The third-order valence-corrected chi connectivity index (χ3v) is 7.81. The van der Waals surface area contributed by atoms with Crippen molar-refractivity contribution in [3.63, 3.8) is 0 Å². The van der Waals surface area contributed by atoms with Crippen LogP contribution >= 0.6 is 11.6 Å². The van der Waals surface area contributed by atoms with Crippen LogP contribution in [0.4, 0.5) is 15.8 Å². The topological polar surface area (TPSA) is 139 Å². The molecule has 1 heterocycles. The first-order valence-electron chi connectivity index (χ1n) is 14.3. The summed E-state index contributed by atoms with van der Waals surface area (Å²) >= 11 is 6.67. The van der Waals surface area contributed by atoms with E-state index < -0.39 is 29.0 Å². The number of nitrogens with one attached hydrogen (secondary N) is 2. The van der Waals surface area contributed by atoms with Gasteiger partial charge in [0, 0.05) is 29.3 Å². The number of aliphatic carboxylic acids is 1. The molecule has 0 unspecified atom stereocenters. The Kier molecular flexibility index (Phi) is 11.9. The summed E-state index contributed by atoms with van der Waals surface area (Å²) < 4.78 is 30.8. The van der Waals surface area contributed by atoms with Gasteiger partial charge < -0.3 is 34.7 Å². The van der Waals surface area contributed by atoms with E-state index in [2.05, 4.69) is 15.6 Å². The van der Waals surface area contributed by atoms with Crippen LogP contribution in [0.25, 0.3) is 10.9 Å². The maximum atomic E-state index is 13.2. The number of carboxylic acids is 1. The van der Waals surface area contributed by atoms with E-state index in [4.69, 9.17) is 25.8 Å². The van der Waals surface area contributed by atoms with Crippen molar-refractivity contribution in [2.75, 3.05) is 24.4 Å². The summed E-state index contributed by atoms with van der Waals surface area (Å²) in [6, 6.07) is 15.4. The third-order valence-electron chi connectivity index (χ3n) is 7.42. The Morgan fingerprint density at radius 3 is 2.37 bits per heavy atom. The Hall–Kier alpha value is -3.90. The molecule has 1 aliphatic carbocycles. The third kappa shape index (κ3) is 8.27. The van der Waals surface area contributed by atoms with Gasteiger partial charge in [-0.1, -0.05) is 17.7 Å². The smallest absolute Gasteiger partial charge is 0.550 e. The number of anilines is 2. The molecule has 0 saturated heterocycles. The van der Waals surface area contributed by atoms with Crippen molar-refractivity contribution in [2.24, 2.45) is 5.41 Å². The predicted octanol–water partition coefficient (Wildman–Crippen LogP) is 2.88. The second kappa shape index (κ2) is 15.6. The fourth-order valence-electron chi connectivity index (χ4n) is 4.73. The zero-order valence-electron chi connectivity index (χ0n) is 25.4. The molecule has 0 radical (unpaired) electrons. The van der Waals surface area contributed by atoms with Gasteiger partial charge in [0.1, 0.15) is 27.8 Å². The fourth-order valence-corrected chi connectivity index (χ4v) is 4.94. The molecule has 5 rings (SSSR count). The number of halogens is 2. The molecule has 1 aromatic heterocycles. The molecule has 0 spiro atoms. The number of carbonyl (C=O) groups is 3. The number of carboxylic acid groups (broad SMARTS) is 1. The van der Waals surface area contributed by atoms with Gasteiger partial charge in [-0.2, -0.15) is 0 Å². The van der Waals surface area contributed by atoms with Gasteiger partial charge in [-0.3, -0.25) is 14.6 Å². The molecule has 1 saturated carbocycles. The molecule has 2 N–H and O–H groups in total. The first-order chi connectivity index (χ1) is 21.7. The fraction of sp³-hybridized carbons (Fsp3) is 0.273. The van der Waals surface area contributed by atoms with Gasteiger partial charge in [0.15, 0.2) is 11.5 Å². The standard InChI is InChI=1S/C33H31ClFN3O7.Na/c1-43-27-18-22-24(19-28(27)44-17-4-2-3-8-29(39)40)36-16-13-25(22)45-26-7-5-6-23(30(26)34)38-32(42)33(14-15-33)31(41)37-21-11-9-20(35)10-12-21;/h5-7,9-13,16,18-19H,2-4,8,14-15,17H2,1H3,(H,37,41)(H,38,42)(H,39,40);/q;+1/p-1. The zero-order valence-corrected chi connectivity index (χ0v) is 28.1. The molecule has 4 aromatic rings. The second-order valence-corrected chi connectivity index (χ2v) is 11.0. The Bertz CT molecular complexity index is 1730. The number of hydrogen-bond donors (Lipinski definition) is 2. The molecular weight excluding hydrogens is 628 g/mol. The maximum Gasteiger partial charge on any atom is 1.00 e. The van der Waals surface area contributed by atoms with E-state index in [1.807, 2.05) is 0 Å². The number of methoxy groups -OCH3 is 1. The van der Waals surface area contributed by atoms with Crippen LogP contribution in [-0.2, 0) is 14.4 Å². The van der Waals surface area contributed by atoms with Gasteiger partial charge in [0.2, 0.25) is 11.8 Å². The molecule has 3 aromatic carbocycles. The van der Waals surface area contributed by atoms with E-state index in [-0.39, 0.29) is 52.4 Å². The van der Waals surface area contributed by atoms with Crippen molar-refractivity contribution in [1.29, 1.82) is 0 Å². The number of hydrogen-bond acceptors (Lipinski definition) is 8. The monoisotopic (exact) mass is 657 g/mol. The Balaban J connectivity index is 0.00000480. The Morgan fingerprint density at radius 1 is 0.935 bits per heavy atom. The van der Waals surface area contributed by atoms with E-state index in [0.29, 0.717) is 72.5 Å². The van der Waals surface area contributed by atoms with E-state index in [9.17, 15) is 23.9 Å². The first kappa shape index (κ1) is 35.0. The average Bonchev–Trinajstić information content (AvgIpc) is 3.84. The number of ether oxygens (including phenoxy) is 3. The quantitative estimate of drug-likeness (QED) is 0.120. The van der Waals surface area contributed by atoms with E-state index in [1.54, 1.807) is 42.6 Å². The van der Waals surface area contributed by atoms with Crippen LogP contribution in [0.3, 0.4) is 0 Å². The number of carbonyl (C=O) groups excluding carboxylic acids is 3. The number of benzene rings is 3. The van der Waals surface area contributed by atoms with Gasteiger partial charge in [-0.15, -0.1) is 0 Å². The molecule has 1 aliphatic rings. The number of pyridine rings is 1. The minimum Gasteiger partial charge on any atom is -0.550 e. The zero-order chi connectivity index (χ0) is 32.0. The predicted molar refractivity (Wildman–Crippen MR) is 164 cm³/mol. The van der Waals surface area contributed by atoms with Gasteiger partial charge >= 0.3 is 29.6 Å². The molecule has 0 atom stereocenters. The molecule has 13 heteroatoms. The van der Waals surface area contributed by atoms with Crippen molar-refractivity contribution in [2.45, 2.75) is 38.5 Å². The van der Waals surface area contributed by atoms with Crippen LogP contribution in [0.5, 0.6) is 23.0 Å². The number of nitrogens with zero attached hydrogens (tertiary/aromatic N) is 1. The van der Waals surface area contributed by atoms with E-state index in [0.717, 1.165) is 0 Å². The molecule has 10 nitrogen and oxygen atoms in total. The molecular formula is C33H30ClFN3NaO7. The summed E-state index contributed by atoms with van der Waals surface area (Å²) in [4.78, 5) is 41.2. The Labute approximate surface area is 291 Å². The van der Waals surface area contributed by atoms with Crippen molar-refractivity contribution in [3.8, 4) is 23.0 Å². The second-order valence-electron chi connectivity index (χ2n) is 10.6. The molecule has 46 heavy (non-hydrogen) atoms. The molecule has 2 amide bonds. The molecule has 0 aliphatic heterocycles. The van der Waals surface area contributed by atoms with Crippen LogP contribution < -0.4 is 59.5 Å². The van der Waals surface area contributed by atoms with E-state index in [1.165, 1.54) is 31.4 Å². The van der Waals surface area contributed by atoms with Crippen LogP contribution in [0.15, 0.2) is 66.9 Å². The molecule has 234 valence electrons. The van der Waals surface area contributed by atoms with Crippen LogP contribution in [-0.4, -0.2) is 36.5 Å². The molecule has 0 bridgehead atoms. The van der Waals surface area contributed by atoms with Gasteiger partial charge in [-0.05, 0) is 87.1 Å². The van der Waals surface area contributed by atoms with E-state index >= 15 is 0 Å². The number of unbranched alkanes of at least 4 members (excludes halogenated alkanes) is 2. The summed E-state index contributed by atoms with van der Waals surface area (Å²) in [5.41, 5.74) is -0.0306. The number of rotatable bonds is 14. The van der Waals surface area contributed by atoms with Gasteiger partial charge in [0.25, 0.3) is 0 Å². The summed E-state index contributed by atoms with van der Waals surface area (Å²) in [6.07, 6.45) is 4.17. The summed E-state index contributed by atoms with van der Waals surface area (Å²) in [6.45, 7) is 0.369. The molecule has 1 fully saturated rings. The Morgan fingerprint density at radius 2 is 1.67 bits per heavy atom. The van der Waals surface area contributed by atoms with Crippen LogP contribution in [0.2, 0.25) is 5.02 Å².